The van der Waals surface area contributed by atoms with Crippen LogP contribution in [0.25, 0.3) is 10.8 Å². The predicted octanol–water partition coefficient (Wildman–Crippen LogP) is 8.42. The molecule has 0 atom stereocenters. The van der Waals surface area contributed by atoms with Gasteiger partial charge in [-0.3, -0.25) is 9.59 Å². The van der Waals surface area contributed by atoms with Crippen LogP contribution >= 0.6 is 11.6 Å². The van der Waals surface area contributed by atoms with Crippen molar-refractivity contribution in [1.82, 2.24) is 14.6 Å². The van der Waals surface area contributed by atoms with E-state index in [0.29, 0.717) is 40.6 Å². The molecule has 0 saturated carbocycles. The quantitative estimate of drug-likeness (QED) is 0.0847. The number of unbranched alkanes of at least 4 members (excludes halogenated alkanes) is 10. The summed E-state index contributed by atoms with van der Waals surface area (Å²) in [5.74, 6) is 0.0643. The highest BCUT2D eigenvalue weighted by molar-refractivity contribution is 6.32. The van der Waals surface area contributed by atoms with E-state index >= 15 is 0 Å². The number of imidazole rings is 1. The highest BCUT2D eigenvalue weighted by Gasteiger charge is 2.34. The number of hydrazone groups is 1. The number of nitrogens with zero attached hydrogens (tertiary/aromatic N) is 5. The molecule has 2 aliphatic rings. The van der Waals surface area contributed by atoms with E-state index in [4.69, 9.17) is 16.3 Å². The Balaban J connectivity index is 1.31. The van der Waals surface area contributed by atoms with Crippen LogP contribution in [0.15, 0.2) is 35.4 Å². The molecule has 5 rings (SSSR count). The summed E-state index contributed by atoms with van der Waals surface area (Å²) in [6.45, 7) is 8.05. The highest BCUT2D eigenvalue weighted by Crippen LogP contribution is 2.36. The third-order valence-corrected chi connectivity index (χ3v) is 9.32. The lowest BCUT2D eigenvalue weighted by Gasteiger charge is -2.31. The number of hydrogen-bond donors (Lipinski definition) is 0. The molecular weight excluding hydrogens is 586 g/mol. The lowest BCUT2D eigenvalue weighted by molar-refractivity contribution is 0.0616. The fraction of sp³-hybridized carbons (Fsp3) is 0.556. The maximum Gasteiger partial charge on any atom is 0.282 e. The lowest BCUT2D eigenvalue weighted by Crippen LogP contribution is -2.38. The van der Waals surface area contributed by atoms with E-state index in [2.05, 4.69) is 33.4 Å². The summed E-state index contributed by atoms with van der Waals surface area (Å²) in [6.07, 6.45) is 17.1. The molecule has 0 aliphatic carbocycles. The zero-order valence-electron chi connectivity index (χ0n) is 27.0. The number of aryl methyl sites for hydroxylation is 1. The van der Waals surface area contributed by atoms with Crippen molar-refractivity contribution in [3.63, 3.8) is 0 Å². The summed E-state index contributed by atoms with van der Waals surface area (Å²) in [7, 11) is 0. The van der Waals surface area contributed by atoms with Crippen molar-refractivity contribution in [2.24, 2.45) is 5.10 Å². The van der Waals surface area contributed by atoms with E-state index in [9.17, 15) is 9.59 Å². The van der Waals surface area contributed by atoms with Crippen molar-refractivity contribution in [2.45, 2.75) is 104 Å². The first-order valence-electron chi connectivity index (χ1n) is 17.1. The summed E-state index contributed by atoms with van der Waals surface area (Å²) in [5, 5.41) is 7.38. The molecule has 0 spiro atoms. The molecule has 0 radical (unpaired) electrons. The number of halogens is 1. The van der Waals surface area contributed by atoms with Crippen LogP contribution in [0.3, 0.4) is 0 Å². The maximum atomic E-state index is 13.7. The van der Waals surface area contributed by atoms with Crippen LogP contribution < -0.4 is 4.90 Å². The van der Waals surface area contributed by atoms with Crippen molar-refractivity contribution < 1.29 is 14.3 Å². The average molecular weight is 634 g/mol. The fourth-order valence-corrected chi connectivity index (χ4v) is 6.75. The van der Waals surface area contributed by atoms with E-state index in [1.807, 2.05) is 24.3 Å². The number of imide groups is 1. The number of benzene rings is 2. The first-order valence-corrected chi connectivity index (χ1v) is 17.5. The van der Waals surface area contributed by atoms with Gasteiger partial charge >= 0.3 is 0 Å². The Morgan fingerprint density at radius 3 is 2.18 bits per heavy atom. The van der Waals surface area contributed by atoms with Crippen molar-refractivity contribution in [1.29, 1.82) is 0 Å². The molecule has 3 heterocycles. The van der Waals surface area contributed by atoms with Gasteiger partial charge in [-0.15, -0.1) is 0 Å². The van der Waals surface area contributed by atoms with Crippen LogP contribution in [0, 0.1) is 0 Å². The van der Waals surface area contributed by atoms with E-state index < -0.39 is 11.8 Å². The van der Waals surface area contributed by atoms with E-state index in [1.54, 1.807) is 12.3 Å². The highest BCUT2D eigenvalue weighted by atomic mass is 35.5. The monoisotopic (exact) mass is 633 g/mol. The second-order valence-electron chi connectivity index (χ2n) is 12.3. The minimum absolute atomic E-state index is 0.353. The minimum atomic E-state index is -0.434. The molecule has 8 nitrogen and oxygen atoms in total. The molecule has 1 aromatic heterocycles. The third kappa shape index (κ3) is 7.78. The molecule has 0 unspecified atom stereocenters. The Morgan fingerprint density at radius 1 is 0.844 bits per heavy atom. The first kappa shape index (κ1) is 33.1. The molecule has 0 N–H and O–H groups in total. The van der Waals surface area contributed by atoms with Gasteiger partial charge in [0, 0.05) is 42.5 Å². The summed E-state index contributed by atoms with van der Waals surface area (Å²) in [4.78, 5) is 34.3. The predicted molar refractivity (Wildman–Crippen MR) is 183 cm³/mol. The number of amides is 2. The van der Waals surface area contributed by atoms with Crippen LogP contribution in [0.4, 0.5) is 5.69 Å². The topological polar surface area (TPSA) is 80.0 Å². The maximum absolute atomic E-state index is 13.7. The molecule has 2 aromatic carbocycles. The van der Waals surface area contributed by atoms with E-state index in [1.165, 1.54) is 51.4 Å². The Hall–Kier alpha value is -3.23. The Morgan fingerprint density at radius 2 is 1.49 bits per heavy atom. The van der Waals surface area contributed by atoms with Gasteiger partial charge in [0.1, 0.15) is 11.5 Å². The van der Waals surface area contributed by atoms with Gasteiger partial charge in [-0.25, -0.2) is 4.98 Å². The van der Waals surface area contributed by atoms with Crippen LogP contribution in [-0.2, 0) is 17.7 Å². The lowest BCUT2D eigenvalue weighted by atomic mass is 9.93. The summed E-state index contributed by atoms with van der Waals surface area (Å²) in [5.41, 5.74) is 2.61. The second-order valence-corrected chi connectivity index (χ2v) is 12.6. The van der Waals surface area contributed by atoms with Crippen LogP contribution in [-0.4, -0.2) is 58.9 Å². The number of anilines is 1. The van der Waals surface area contributed by atoms with Crippen molar-refractivity contribution in [3.8, 4) is 0 Å². The number of carbonyl (C=O) groups excluding carboxylic acids is 2. The van der Waals surface area contributed by atoms with Crippen molar-refractivity contribution in [3.05, 3.63) is 58.1 Å². The van der Waals surface area contributed by atoms with Gasteiger partial charge in [0.15, 0.2) is 5.15 Å². The number of ether oxygens (including phenoxy) is 1. The molecular formula is C36H48ClN5O3. The number of aromatic nitrogens is 2. The summed E-state index contributed by atoms with van der Waals surface area (Å²) < 4.78 is 7.66. The van der Waals surface area contributed by atoms with Gasteiger partial charge in [-0.1, -0.05) is 102 Å². The van der Waals surface area contributed by atoms with Gasteiger partial charge in [0.2, 0.25) is 0 Å². The van der Waals surface area contributed by atoms with Gasteiger partial charge < -0.3 is 14.2 Å². The van der Waals surface area contributed by atoms with Crippen LogP contribution in [0.2, 0.25) is 5.15 Å². The van der Waals surface area contributed by atoms with Crippen LogP contribution in [0.5, 0.6) is 0 Å². The fourth-order valence-electron chi connectivity index (χ4n) is 6.50. The molecule has 2 aliphatic heterocycles. The van der Waals surface area contributed by atoms with Gasteiger partial charge in [-0.05, 0) is 31.0 Å². The number of carbonyl (C=O) groups is 2. The minimum Gasteiger partial charge on any atom is -0.378 e. The molecule has 1 saturated heterocycles. The Labute approximate surface area is 272 Å². The van der Waals surface area contributed by atoms with Crippen molar-refractivity contribution in [2.75, 3.05) is 31.2 Å². The average Bonchev–Trinajstić information content (AvgIpc) is 3.36. The van der Waals surface area contributed by atoms with Gasteiger partial charge in [0.05, 0.1) is 30.6 Å². The largest absolute Gasteiger partial charge is 0.378 e. The Bertz CT molecular complexity index is 1470. The van der Waals surface area contributed by atoms with Crippen molar-refractivity contribution >= 4 is 46.1 Å². The molecule has 1 fully saturated rings. The van der Waals surface area contributed by atoms with Crippen LogP contribution in [0.1, 0.15) is 123 Å². The molecule has 9 heteroatoms. The number of rotatable bonds is 17. The number of hydrogen-bond acceptors (Lipinski definition) is 6. The zero-order valence-corrected chi connectivity index (χ0v) is 27.8. The second kappa shape index (κ2) is 16.4. The Kier molecular flexibility index (Phi) is 12.1. The third-order valence-electron chi connectivity index (χ3n) is 9.04. The normalized spacial score (nSPS) is 15.3. The SMILES string of the molecule is CCCCCCCCCCCCn1c(CCCC)nc(Cl)c1/C=N/N1C(=O)c2cccc3c(N4CCOCC4)ccc(c23)C1=O. The summed E-state index contributed by atoms with van der Waals surface area (Å²) >= 11 is 6.67. The van der Waals surface area contributed by atoms with Gasteiger partial charge in [-0.2, -0.15) is 10.1 Å². The van der Waals surface area contributed by atoms with E-state index in [-0.39, 0.29) is 0 Å². The number of morpholine rings is 1. The molecule has 242 valence electrons. The molecule has 45 heavy (non-hydrogen) atoms. The van der Waals surface area contributed by atoms with Gasteiger partial charge in [0.25, 0.3) is 11.8 Å². The summed E-state index contributed by atoms with van der Waals surface area (Å²) in [6, 6.07) is 9.42. The smallest absolute Gasteiger partial charge is 0.282 e. The molecule has 0 bridgehead atoms. The molecule has 3 aromatic rings. The van der Waals surface area contributed by atoms with E-state index in [0.717, 1.165) is 73.6 Å². The standard InChI is InChI=1S/C36H48ClN5O3/c1-3-5-7-8-9-10-11-12-13-14-21-41-31(34(37)39-32(41)18-6-4-2)26-38-42-35(43)28-17-15-16-27-30(40-22-24-45-25-23-40)20-19-29(33(27)28)36(42)44/h15-17,19-20,26H,3-14,18,21-25H2,1-2H3/b38-26+. The zero-order chi connectivity index (χ0) is 31.6. The molecule has 2 amide bonds. The first-order chi connectivity index (χ1) is 22.0.